The zero-order valence-electron chi connectivity index (χ0n) is 9.99. The number of methoxy groups -OCH3 is 2. The Bertz CT molecular complexity index is 466. The normalized spacial score (nSPS) is 10.0. The van der Waals surface area contributed by atoms with Crippen molar-refractivity contribution in [2.75, 3.05) is 19.5 Å². The van der Waals surface area contributed by atoms with E-state index < -0.39 is 0 Å². The molecular weight excluding hydrogens is 216 g/mol. The first kappa shape index (κ1) is 11.4. The van der Waals surface area contributed by atoms with Gasteiger partial charge >= 0.3 is 0 Å². The van der Waals surface area contributed by atoms with Gasteiger partial charge in [0.05, 0.1) is 19.9 Å². The third-order valence-electron chi connectivity index (χ3n) is 2.55. The number of ether oxygens (including phenoxy) is 2. The van der Waals surface area contributed by atoms with E-state index in [1.165, 1.54) is 5.56 Å². The molecule has 0 saturated carbocycles. The van der Waals surface area contributed by atoms with Crippen molar-refractivity contribution in [3.8, 4) is 11.5 Å². The van der Waals surface area contributed by atoms with Gasteiger partial charge in [0.25, 0.3) is 0 Å². The maximum absolute atomic E-state index is 5.29. The van der Waals surface area contributed by atoms with Crippen LogP contribution in [0.2, 0.25) is 0 Å². The van der Waals surface area contributed by atoms with Crippen LogP contribution >= 0.6 is 0 Å². The maximum atomic E-state index is 5.29. The summed E-state index contributed by atoms with van der Waals surface area (Å²) in [5.74, 6) is 1.61. The number of rotatable bonds is 5. The Morgan fingerprint density at radius 2 is 2.06 bits per heavy atom. The summed E-state index contributed by atoms with van der Waals surface area (Å²) >= 11 is 0. The summed E-state index contributed by atoms with van der Waals surface area (Å²) in [7, 11) is 3.31. The summed E-state index contributed by atoms with van der Waals surface area (Å²) in [4.78, 5) is 3.02. The molecule has 0 aliphatic rings. The van der Waals surface area contributed by atoms with Crippen LogP contribution < -0.4 is 14.8 Å². The van der Waals surface area contributed by atoms with Crippen molar-refractivity contribution in [2.45, 2.75) is 6.54 Å². The van der Waals surface area contributed by atoms with E-state index in [4.69, 9.17) is 9.47 Å². The number of anilines is 1. The molecule has 0 aliphatic heterocycles. The average molecular weight is 232 g/mol. The topological polar surface area (TPSA) is 46.3 Å². The lowest BCUT2D eigenvalue weighted by Gasteiger charge is -2.12. The molecule has 17 heavy (non-hydrogen) atoms. The van der Waals surface area contributed by atoms with Gasteiger partial charge in [-0.15, -0.1) is 0 Å². The third-order valence-corrected chi connectivity index (χ3v) is 2.55. The van der Waals surface area contributed by atoms with Crippen molar-refractivity contribution in [3.63, 3.8) is 0 Å². The summed E-state index contributed by atoms with van der Waals surface area (Å²) in [6.07, 6.45) is 3.86. The van der Waals surface area contributed by atoms with E-state index >= 15 is 0 Å². The predicted octanol–water partition coefficient (Wildman–Crippen LogP) is 2.64. The SMILES string of the molecule is COc1ccc(OC)c(NCc2cc[nH]c2)c1. The molecule has 2 aromatic rings. The monoisotopic (exact) mass is 232 g/mol. The summed E-state index contributed by atoms with van der Waals surface area (Å²) < 4.78 is 10.5. The molecule has 0 amide bonds. The van der Waals surface area contributed by atoms with Crippen LogP contribution in [-0.2, 0) is 6.54 Å². The average Bonchev–Trinajstić information content (AvgIpc) is 2.89. The maximum Gasteiger partial charge on any atom is 0.142 e. The fraction of sp³-hybridized carbons (Fsp3) is 0.231. The van der Waals surface area contributed by atoms with Crippen LogP contribution in [0.4, 0.5) is 5.69 Å². The lowest BCUT2D eigenvalue weighted by atomic mass is 10.2. The molecule has 4 nitrogen and oxygen atoms in total. The summed E-state index contributed by atoms with van der Waals surface area (Å²) in [6.45, 7) is 0.743. The number of hydrogen-bond acceptors (Lipinski definition) is 3. The fourth-order valence-corrected chi connectivity index (χ4v) is 1.62. The molecule has 0 saturated heterocycles. The molecule has 0 unspecified atom stereocenters. The largest absolute Gasteiger partial charge is 0.497 e. The molecule has 1 aromatic heterocycles. The van der Waals surface area contributed by atoms with Crippen molar-refractivity contribution >= 4 is 5.69 Å². The first-order chi connectivity index (χ1) is 8.33. The van der Waals surface area contributed by atoms with Gasteiger partial charge in [-0.25, -0.2) is 0 Å². The Labute approximate surface area is 101 Å². The Kier molecular flexibility index (Phi) is 3.55. The highest BCUT2D eigenvalue weighted by molar-refractivity contribution is 5.59. The van der Waals surface area contributed by atoms with E-state index in [9.17, 15) is 0 Å². The fourth-order valence-electron chi connectivity index (χ4n) is 1.62. The van der Waals surface area contributed by atoms with E-state index in [-0.39, 0.29) is 0 Å². The molecule has 1 aromatic carbocycles. The summed E-state index contributed by atoms with van der Waals surface area (Å²) in [5, 5.41) is 3.32. The quantitative estimate of drug-likeness (QED) is 0.833. The van der Waals surface area contributed by atoms with Crippen molar-refractivity contribution in [3.05, 3.63) is 42.2 Å². The van der Waals surface area contributed by atoms with Crippen LogP contribution in [0.25, 0.3) is 0 Å². The number of aromatic nitrogens is 1. The van der Waals surface area contributed by atoms with Crippen LogP contribution in [0.15, 0.2) is 36.7 Å². The van der Waals surface area contributed by atoms with Crippen LogP contribution in [-0.4, -0.2) is 19.2 Å². The minimum Gasteiger partial charge on any atom is -0.497 e. The van der Waals surface area contributed by atoms with Crippen molar-refractivity contribution in [1.82, 2.24) is 4.98 Å². The summed E-state index contributed by atoms with van der Waals surface area (Å²) in [5.41, 5.74) is 2.11. The van der Waals surface area contributed by atoms with Crippen LogP contribution in [0, 0.1) is 0 Å². The Balaban J connectivity index is 2.12. The van der Waals surface area contributed by atoms with E-state index in [0.717, 1.165) is 23.7 Å². The molecular formula is C13H16N2O2. The Morgan fingerprint density at radius 1 is 1.18 bits per heavy atom. The molecule has 1 heterocycles. The van der Waals surface area contributed by atoms with Crippen molar-refractivity contribution < 1.29 is 9.47 Å². The van der Waals surface area contributed by atoms with E-state index in [1.807, 2.05) is 36.7 Å². The number of benzene rings is 1. The van der Waals surface area contributed by atoms with Gasteiger partial charge in [-0.2, -0.15) is 0 Å². The molecule has 90 valence electrons. The molecule has 0 spiro atoms. The van der Waals surface area contributed by atoms with Crippen molar-refractivity contribution in [1.29, 1.82) is 0 Å². The van der Waals surface area contributed by atoms with Gasteiger partial charge in [-0.05, 0) is 23.8 Å². The van der Waals surface area contributed by atoms with Gasteiger partial charge in [-0.3, -0.25) is 0 Å². The van der Waals surface area contributed by atoms with Gasteiger partial charge in [0.1, 0.15) is 11.5 Å². The standard InChI is InChI=1S/C13H16N2O2/c1-16-11-3-4-13(17-2)12(7-11)15-9-10-5-6-14-8-10/h3-8,14-15H,9H2,1-2H3. The van der Waals surface area contributed by atoms with Crippen molar-refractivity contribution in [2.24, 2.45) is 0 Å². The minimum atomic E-state index is 0.743. The number of nitrogens with one attached hydrogen (secondary N) is 2. The number of H-pyrrole nitrogens is 1. The first-order valence-electron chi connectivity index (χ1n) is 5.41. The van der Waals surface area contributed by atoms with E-state index in [2.05, 4.69) is 10.3 Å². The highest BCUT2D eigenvalue weighted by Gasteiger charge is 2.04. The summed E-state index contributed by atoms with van der Waals surface area (Å²) in [6, 6.07) is 7.71. The highest BCUT2D eigenvalue weighted by atomic mass is 16.5. The highest BCUT2D eigenvalue weighted by Crippen LogP contribution is 2.29. The van der Waals surface area contributed by atoms with Gasteiger partial charge < -0.3 is 19.8 Å². The zero-order chi connectivity index (χ0) is 12.1. The number of hydrogen-bond donors (Lipinski definition) is 2. The second-order valence-corrected chi connectivity index (χ2v) is 3.64. The van der Waals surface area contributed by atoms with Gasteiger partial charge in [0.15, 0.2) is 0 Å². The molecule has 0 bridgehead atoms. The first-order valence-corrected chi connectivity index (χ1v) is 5.41. The van der Waals surface area contributed by atoms with Crippen LogP contribution in [0.5, 0.6) is 11.5 Å². The smallest absolute Gasteiger partial charge is 0.142 e. The van der Waals surface area contributed by atoms with Gasteiger partial charge in [0.2, 0.25) is 0 Å². The lowest BCUT2D eigenvalue weighted by molar-refractivity contribution is 0.404. The van der Waals surface area contributed by atoms with Crippen LogP contribution in [0.3, 0.4) is 0 Å². The third kappa shape index (κ3) is 2.72. The molecule has 0 aliphatic carbocycles. The molecule has 4 heteroatoms. The van der Waals surface area contributed by atoms with Crippen LogP contribution in [0.1, 0.15) is 5.56 Å². The zero-order valence-corrected chi connectivity index (χ0v) is 9.99. The van der Waals surface area contributed by atoms with Gasteiger partial charge in [-0.1, -0.05) is 0 Å². The Hall–Kier alpha value is -2.10. The molecule has 2 rings (SSSR count). The second-order valence-electron chi connectivity index (χ2n) is 3.64. The minimum absolute atomic E-state index is 0.743. The molecule has 0 fully saturated rings. The van der Waals surface area contributed by atoms with E-state index in [1.54, 1.807) is 14.2 Å². The molecule has 0 atom stereocenters. The van der Waals surface area contributed by atoms with E-state index in [0.29, 0.717) is 0 Å². The molecule has 2 N–H and O–H groups in total. The lowest BCUT2D eigenvalue weighted by Crippen LogP contribution is -2.01. The second kappa shape index (κ2) is 5.30. The Morgan fingerprint density at radius 3 is 2.71 bits per heavy atom. The predicted molar refractivity (Wildman–Crippen MR) is 67.7 cm³/mol. The molecule has 0 radical (unpaired) electrons. The van der Waals surface area contributed by atoms with Gasteiger partial charge in [0, 0.05) is 25.0 Å². The number of aromatic amines is 1.